The van der Waals surface area contributed by atoms with Gasteiger partial charge in [0.1, 0.15) is 12.7 Å². The molecule has 0 aromatic carbocycles. The Bertz CT molecular complexity index is 296. The van der Waals surface area contributed by atoms with Crippen molar-refractivity contribution < 1.29 is 14.3 Å². The van der Waals surface area contributed by atoms with Gasteiger partial charge in [0.2, 0.25) is 5.91 Å². The van der Waals surface area contributed by atoms with Gasteiger partial charge in [0.15, 0.2) is 0 Å². The Morgan fingerprint density at radius 1 is 1.39 bits per heavy atom. The molecule has 1 aliphatic carbocycles. The van der Waals surface area contributed by atoms with E-state index in [9.17, 15) is 4.79 Å². The molecule has 0 aliphatic heterocycles. The minimum absolute atomic E-state index is 0.0575. The monoisotopic (exact) mass is 254 g/mol. The maximum absolute atomic E-state index is 11.4. The molecule has 1 unspecified atom stereocenters. The summed E-state index contributed by atoms with van der Waals surface area (Å²) in [7, 11) is 0. The molecule has 0 fully saturated rings. The van der Waals surface area contributed by atoms with E-state index in [1.807, 2.05) is 0 Å². The molecular formula is C13H22N2O3. The lowest BCUT2D eigenvalue weighted by Crippen LogP contribution is -2.32. The van der Waals surface area contributed by atoms with Gasteiger partial charge < -0.3 is 20.5 Å². The number of nitrogens with one attached hydrogen (secondary N) is 1. The summed E-state index contributed by atoms with van der Waals surface area (Å²) < 4.78 is 10.4. The van der Waals surface area contributed by atoms with Crippen LogP contribution in [0.5, 0.6) is 0 Å². The van der Waals surface area contributed by atoms with Gasteiger partial charge >= 0.3 is 0 Å². The van der Waals surface area contributed by atoms with Crippen molar-refractivity contribution in [3.63, 3.8) is 0 Å². The molecule has 5 nitrogen and oxygen atoms in total. The van der Waals surface area contributed by atoms with Crippen molar-refractivity contribution >= 4 is 5.91 Å². The molecule has 5 heteroatoms. The lowest BCUT2D eigenvalue weighted by Gasteiger charge is -2.13. The smallest absolute Gasteiger partial charge is 0.246 e. The van der Waals surface area contributed by atoms with Gasteiger partial charge in [-0.2, -0.15) is 0 Å². The quantitative estimate of drug-likeness (QED) is 0.391. The Morgan fingerprint density at radius 3 is 3.11 bits per heavy atom. The van der Waals surface area contributed by atoms with Crippen LogP contribution in [0.2, 0.25) is 0 Å². The van der Waals surface area contributed by atoms with Crippen LogP contribution >= 0.6 is 0 Å². The summed E-state index contributed by atoms with van der Waals surface area (Å²) in [6, 6.07) is 0. The summed E-state index contributed by atoms with van der Waals surface area (Å²) in [4.78, 5) is 11.4. The molecule has 1 atom stereocenters. The SMILES string of the molecule is NCOCCNC(=O)COC1C#CCCCCC1. The fourth-order valence-corrected chi connectivity index (χ4v) is 1.68. The van der Waals surface area contributed by atoms with Crippen LogP contribution in [0.15, 0.2) is 0 Å². The molecule has 0 aromatic heterocycles. The van der Waals surface area contributed by atoms with Crippen LogP contribution < -0.4 is 11.1 Å². The number of rotatable bonds is 7. The maximum atomic E-state index is 11.4. The number of hydrogen-bond donors (Lipinski definition) is 2. The molecule has 0 heterocycles. The predicted molar refractivity (Wildman–Crippen MR) is 68.6 cm³/mol. The van der Waals surface area contributed by atoms with Gasteiger partial charge in [-0.05, 0) is 19.3 Å². The van der Waals surface area contributed by atoms with Crippen LogP contribution in [-0.2, 0) is 14.3 Å². The van der Waals surface area contributed by atoms with Crippen LogP contribution in [0.25, 0.3) is 0 Å². The maximum Gasteiger partial charge on any atom is 0.246 e. The van der Waals surface area contributed by atoms with Crippen molar-refractivity contribution in [2.24, 2.45) is 5.73 Å². The van der Waals surface area contributed by atoms with Crippen molar-refractivity contribution in [1.82, 2.24) is 5.32 Å². The average Bonchev–Trinajstić information content (AvgIpc) is 2.33. The normalized spacial score (nSPS) is 19.3. The van der Waals surface area contributed by atoms with E-state index in [1.165, 1.54) is 12.8 Å². The summed E-state index contributed by atoms with van der Waals surface area (Å²) in [5.41, 5.74) is 5.15. The fourth-order valence-electron chi connectivity index (χ4n) is 1.68. The van der Waals surface area contributed by atoms with E-state index in [4.69, 9.17) is 15.2 Å². The third-order valence-corrected chi connectivity index (χ3v) is 2.63. The number of carbonyl (C=O) groups excluding carboxylic acids is 1. The minimum atomic E-state index is -0.139. The lowest BCUT2D eigenvalue weighted by atomic mass is 10.1. The number of hydrogen-bond acceptors (Lipinski definition) is 4. The lowest BCUT2D eigenvalue weighted by molar-refractivity contribution is -0.127. The Kier molecular flexibility index (Phi) is 8.23. The Morgan fingerprint density at radius 2 is 2.28 bits per heavy atom. The first-order chi connectivity index (χ1) is 8.83. The third-order valence-electron chi connectivity index (χ3n) is 2.63. The molecular weight excluding hydrogens is 232 g/mol. The van der Waals surface area contributed by atoms with E-state index in [-0.39, 0.29) is 25.3 Å². The first kappa shape index (κ1) is 15.0. The summed E-state index contributed by atoms with van der Waals surface area (Å²) in [5.74, 6) is 6.00. The van der Waals surface area contributed by atoms with Crippen molar-refractivity contribution in [2.45, 2.75) is 38.2 Å². The molecule has 0 aromatic rings. The minimum Gasteiger partial charge on any atom is -0.365 e. The summed E-state index contributed by atoms with van der Waals surface area (Å²) in [6.07, 6.45) is 5.22. The molecule has 1 rings (SSSR count). The second kappa shape index (κ2) is 9.89. The van der Waals surface area contributed by atoms with Crippen LogP contribution in [0, 0.1) is 11.8 Å². The first-order valence-corrected chi connectivity index (χ1v) is 6.47. The zero-order valence-corrected chi connectivity index (χ0v) is 10.7. The molecule has 0 spiro atoms. The fraction of sp³-hybridized carbons (Fsp3) is 0.769. The van der Waals surface area contributed by atoms with E-state index in [0.717, 1.165) is 19.3 Å². The van der Waals surface area contributed by atoms with Crippen molar-refractivity contribution in [1.29, 1.82) is 0 Å². The highest BCUT2D eigenvalue weighted by atomic mass is 16.5. The molecule has 3 N–H and O–H groups in total. The van der Waals surface area contributed by atoms with Gasteiger partial charge in [0.25, 0.3) is 0 Å². The highest BCUT2D eigenvalue weighted by Crippen LogP contribution is 2.10. The van der Waals surface area contributed by atoms with E-state index in [0.29, 0.717) is 13.2 Å². The number of carbonyl (C=O) groups is 1. The first-order valence-electron chi connectivity index (χ1n) is 6.47. The standard InChI is InChI=1S/C13H22N2O3/c14-11-17-9-8-15-13(16)10-18-12-6-4-2-1-3-5-7-12/h12H,1-4,6,8-11,14H2,(H,15,16). The van der Waals surface area contributed by atoms with E-state index < -0.39 is 0 Å². The van der Waals surface area contributed by atoms with Crippen molar-refractivity contribution in [2.75, 3.05) is 26.5 Å². The second-order valence-corrected chi connectivity index (χ2v) is 4.14. The third kappa shape index (κ3) is 7.28. The molecule has 0 saturated carbocycles. The largest absolute Gasteiger partial charge is 0.365 e. The molecule has 0 bridgehead atoms. The van der Waals surface area contributed by atoms with Crippen LogP contribution in [0.4, 0.5) is 0 Å². The molecule has 0 radical (unpaired) electrons. The van der Waals surface area contributed by atoms with E-state index in [1.54, 1.807) is 0 Å². The van der Waals surface area contributed by atoms with Crippen molar-refractivity contribution in [3.8, 4) is 11.8 Å². The van der Waals surface area contributed by atoms with Gasteiger partial charge in [-0.3, -0.25) is 4.79 Å². The van der Waals surface area contributed by atoms with Gasteiger partial charge in [-0.15, -0.1) is 5.92 Å². The van der Waals surface area contributed by atoms with Crippen molar-refractivity contribution in [3.05, 3.63) is 0 Å². The molecule has 1 aliphatic rings. The summed E-state index contributed by atoms with van der Waals surface area (Å²) >= 11 is 0. The zero-order chi connectivity index (χ0) is 13.1. The Labute approximate surface area is 108 Å². The van der Waals surface area contributed by atoms with Gasteiger partial charge in [0.05, 0.1) is 13.3 Å². The average molecular weight is 254 g/mol. The number of ether oxygens (including phenoxy) is 2. The zero-order valence-electron chi connectivity index (χ0n) is 10.7. The predicted octanol–water partition coefficient (Wildman–Crippen LogP) is 0.388. The molecule has 1 amide bonds. The van der Waals surface area contributed by atoms with Crippen LogP contribution in [0.1, 0.15) is 32.1 Å². The number of nitrogens with two attached hydrogens (primary N) is 1. The number of amides is 1. The van der Waals surface area contributed by atoms with Gasteiger partial charge in [-0.25, -0.2) is 0 Å². The van der Waals surface area contributed by atoms with Crippen LogP contribution in [0.3, 0.4) is 0 Å². The van der Waals surface area contributed by atoms with E-state index >= 15 is 0 Å². The highest BCUT2D eigenvalue weighted by molar-refractivity contribution is 5.77. The topological polar surface area (TPSA) is 73.6 Å². The summed E-state index contributed by atoms with van der Waals surface area (Å²) in [6.45, 7) is 1.10. The second-order valence-electron chi connectivity index (χ2n) is 4.14. The molecule has 0 saturated heterocycles. The molecule has 18 heavy (non-hydrogen) atoms. The highest BCUT2D eigenvalue weighted by Gasteiger charge is 2.09. The molecule has 102 valence electrons. The van der Waals surface area contributed by atoms with Gasteiger partial charge in [0, 0.05) is 13.0 Å². The Hall–Kier alpha value is -1.09. The van der Waals surface area contributed by atoms with Crippen LogP contribution in [-0.4, -0.2) is 38.5 Å². The van der Waals surface area contributed by atoms with Gasteiger partial charge in [-0.1, -0.05) is 12.3 Å². The Balaban J connectivity index is 2.12. The van der Waals surface area contributed by atoms with E-state index in [2.05, 4.69) is 17.2 Å². The summed E-state index contributed by atoms with van der Waals surface area (Å²) in [5, 5.41) is 2.69.